The summed E-state index contributed by atoms with van der Waals surface area (Å²) in [5.41, 5.74) is 6.63. The Morgan fingerprint density at radius 1 is 0.406 bits per heavy atom. The first kappa shape index (κ1) is 18.7. The number of carbonyl (C=O) groups excluding carboxylic acids is 2. The Morgan fingerprint density at radius 2 is 0.750 bits per heavy atom. The Kier molecular flexibility index (Phi) is 4.26. The molecule has 0 amide bonds. The van der Waals surface area contributed by atoms with Gasteiger partial charge in [-0.1, -0.05) is 109 Å². The third-order valence-electron chi connectivity index (χ3n) is 6.66. The van der Waals surface area contributed by atoms with Crippen molar-refractivity contribution in [3.8, 4) is 0 Å². The molecular weight excluding hydrogens is 392 g/mol. The van der Waals surface area contributed by atoms with E-state index in [0.29, 0.717) is 22.3 Å². The molecule has 6 rings (SSSR count). The number of hydrogen-bond donors (Lipinski definition) is 0. The number of allylic oxidation sites excluding steroid dienone is 2. The first-order chi connectivity index (χ1) is 15.8. The van der Waals surface area contributed by atoms with Crippen LogP contribution in [0.5, 0.6) is 0 Å². The van der Waals surface area contributed by atoms with Crippen molar-refractivity contribution in [2.75, 3.05) is 0 Å². The van der Waals surface area contributed by atoms with Gasteiger partial charge in [0.1, 0.15) is 0 Å². The lowest BCUT2D eigenvalue weighted by molar-refractivity contribution is 0.100. The Labute approximate surface area is 186 Å². The summed E-state index contributed by atoms with van der Waals surface area (Å²) in [5.74, 6) is -0.572. The van der Waals surface area contributed by atoms with Crippen LogP contribution in [0.3, 0.4) is 0 Å². The fraction of sp³-hybridized carbons (Fsp3) is 0.0667. The summed E-state index contributed by atoms with van der Waals surface area (Å²) in [5, 5.41) is 0. The molecule has 0 bridgehead atoms. The van der Waals surface area contributed by atoms with E-state index in [0.717, 1.165) is 22.3 Å². The van der Waals surface area contributed by atoms with E-state index in [9.17, 15) is 9.59 Å². The Hall–Kier alpha value is -4.04. The van der Waals surface area contributed by atoms with E-state index in [1.807, 2.05) is 109 Å². The number of Topliss-reactive ketones (excluding diaryl/α,β-unsaturated/α-hetero) is 2. The van der Waals surface area contributed by atoms with Crippen LogP contribution < -0.4 is 0 Å². The molecule has 2 aliphatic rings. The summed E-state index contributed by atoms with van der Waals surface area (Å²) in [6.07, 6.45) is 0. The average molecular weight is 412 g/mol. The lowest BCUT2D eigenvalue weighted by atomic mass is 9.81. The smallest absolute Gasteiger partial charge is 0.190 e. The zero-order valence-corrected chi connectivity index (χ0v) is 17.4. The Balaban J connectivity index is 1.68. The summed E-state index contributed by atoms with van der Waals surface area (Å²) >= 11 is 0. The average Bonchev–Trinajstić information content (AvgIpc) is 3.31. The van der Waals surface area contributed by atoms with E-state index >= 15 is 0 Å². The third-order valence-corrected chi connectivity index (χ3v) is 6.66. The van der Waals surface area contributed by atoms with Crippen LogP contribution in [0.2, 0.25) is 0 Å². The van der Waals surface area contributed by atoms with Crippen molar-refractivity contribution in [3.63, 3.8) is 0 Å². The van der Waals surface area contributed by atoms with Crippen LogP contribution in [0.15, 0.2) is 120 Å². The summed E-state index contributed by atoms with van der Waals surface area (Å²) < 4.78 is 0. The van der Waals surface area contributed by atoms with Crippen LogP contribution in [0, 0.1) is 0 Å². The molecule has 2 atom stereocenters. The highest BCUT2D eigenvalue weighted by atomic mass is 16.1. The maximum atomic E-state index is 13.8. The van der Waals surface area contributed by atoms with E-state index in [1.54, 1.807) is 0 Å². The van der Waals surface area contributed by atoms with Crippen molar-refractivity contribution >= 4 is 11.6 Å². The molecule has 0 unspecified atom stereocenters. The first-order valence-corrected chi connectivity index (χ1v) is 10.9. The van der Waals surface area contributed by atoms with Crippen LogP contribution in [-0.2, 0) is 0 Å². The highest BCUT2D eigenvalue weighted by Gasteiger charge is 2.45. The molecule has 0 aromatic heterocycles. The number of carbonyl (C=O) groups is 2. The van der Waals surface area contributed by atoms with E-state index in [1.165, 1.54) is 0 Å². The van der Waals surface area contributed by atoms with Gasteiger partial charge in [0.25, 0.3) is 0 Å². The van der Waals surface area contributed by atoms with Gasteiger partial charge in [0, 0.05) is 34.1 Å². The zero-order valence-electron chi connectivity index (χ0n) is 17.4. The second kappa shape index (κ2) is 7.28. The summed E-state index contributed by atoms with van der Waals surface area (Å²) in [7, 11) is 0. The van der Waals surface area contributed by atoms with E-state index in [2.05, 4.69) is 0 Å². The van der Waals surface area contributed by atoms with E-state index in [-0.39, 0.29) is 23.4 Å². The fourth-order valence-corrected chi connectivity index (χ4v) is 5.31. The normalized spacial score (nSPS) is 21.5. The molecule has 0 fully saturated rings. The largest absolute Gasteiger partial charge is 0.289 e. The summed E-state index contributed by atoms with van der Waals surface area (Å²) in [6.45, 7) is 0. The minimum atomic E-state index is -0.251. The minimum absolute atomic E-state index is 0.0356. The standard InChI is InChI=1S/C30H20O2/c31-29-23-17-9-7-15-21(23)25(19-11-3-1-4-12-19)27(29)28-26(20-13-5-2-6-14-20)22-16-8-10-18-24(22)30(28)32/h1-18,25-26H/b28-27-/t25-,26-/m1/s1. The van der Waals surface area contributed by atoms with Gasteiger partial charge in [0.05, 0.1) is 0 Å². The van der Waals surface area contributed by atoms with Crippen molar-refractivity contribution in [1.82, 2.24) is 0 Å². The van der Waals surface area contributed by atoms with Gasteiger partial charge in [0.2, 0.25) is 0 Å². The second-order valence-corrected chi connectivity index (χ2v) is 8.35. The molecule has 32 heavy (non-hydrogen) atoms. The van der Waals surface area contributed by atoms with Gasteiger partial charge in [-0.3, -0.25) is 9.59 Å². The SMILES string of the molecule is O=C1/C(=C2\C(=O)c3ccccc3[C@H]2c2ccccc2)[C@H](c2ccccc2)c2ccccc21. The van der Waals surface area contributed by atoms with Crippen LogP contribution in [-0.4, -0.2) is 11.6 Å². The summed E-state index contributed by atoms with van der Waals surface area (Å²) in [6, 6.07) is 35.6. The van der Waals surface area contributed by atoms with Crippen molar-refractivity contribution in [3.05, 3.63) is 154 Å². The van der Waals surface area contributed by atoms with Gasteiger partial charge in [-0.15, -0.1) is 0 Å². The highest BCUT2D eigenvalue weighted by Crippen LogP contribution is 2.50. The Morgan fingerprint density at radius 3 is 1.16 bits per heavy atom. The molecule has 0 heterocycles. The topological polar surface area (TPSA) is 34.1 Å². The molecule has 0 saturated heterocycles. The van der Waals surface area contributed by atoms with E-state index < -0.39 is 0 Å². The number of rotatable bonds is 2. The van der Waals surface area contributed by atoms with Crippen LogP contribution in [0.4, 0.5) is 0 Å². The Bertz CT molecular complexity index is 1290. The van der Waals surface area contributed by atoms with Gasteiger partial charge in [-0.05, 0) is 22.3 Å². The van der Waals surface area contributed by atoms with E-state index in [4.69, 9.17) is 0 Å². The number of hydrogen-bond acceptors (Lipinski definition) is 2. The van der Waals surface area contributed by atoms with Crippen LogP contribution >= 0.6 is 0 Å². The first-order valence-electron chi connectivity index (χ1n) is 10.9. The molecule has 0 radical (unpaired) electrons. The molecule has 0 spiro atoms. The maximum Gasteiger partial charge on any atom is 0.190 e. The lowest BCUT2D eigenvalue weighted by Crippen LogP contribution is -2.13. The van der Waals surface area contributed by atoms with Crippen molar-refractivity contribution < 1.29 is 9.59 Å². The van der Waals surface area contributed by atoms with Crippen molar-refractivity contribution in [2.45, 2.75) is 11.8 Å². The van der Waals surface area contributed by atoms with Crippen molar-refractivity contribution in [1.29, 1.82) is 0 Å². The van der Waals surface area contributed by atoms with Gasteiger partial charge in [-0.2, -0.15) is 0 Å². The van der Waals surface area contributed by atoms with Crippen LogP contribution in [0.1, 0.15) is 54.8 Å². The van der Waals surface area contributed by atoms with Gasteiger partial charge < -0.3 is 0 Å². The van der Waals surface area contributed by atoms with Gasteiger partial charge >= 0.3 is 0 Å². The number of fused-ring (bicyclic) bond motifs is 2. The highest BCUT2D eigenvalue weighted by molar-refractivity contribution is 6.24. The number of ketones is 2. The van der Waals surface area contributed by atoms with Crippen molar-refractivity contribution in [2.24, 2.45) is 0 Å². The third kappa shape index (κ3) is 2.66. The molecular formula is C30H20O2. The number of benzene rings is 4. The summed E-state index contributed by atoms with van der Waals surface area (Å²) in [4.78, 5) is 27.7. The minimum Gasteiger partial charge on any atom is -0.289 e. The molecule has 0 saturated carbocycles. The maximum absolute atomic E-state index is 13.8. The molecule has 152 valence electrons. The van der Waals surface area contributed by atoms with Crippen LogP contribution in [0.25, 0.3) is 0 Å². The molecule has 0 aliphatic heterocycles. The lowest BCUT2D eigenvalue weighted by Gasteiger charge is -2.20. The molecule has 4 aromatic carbocycles. The molecule has 2 heteroatoms. The monoisotopic (exact) mass is 412 g/mol. The molecule has 2 nitrogen and oxygen atoms in total. The predicted octanol–water partition coefficient (Wildman–Crippen LogP) is 6.34. The molecule has 0 N–H and O–H groups in total. The fourth-order valence-electron chi connectivity index (χ4n) is 5.31. The molecule has 4 aromatic rings. The zero-order chi connectivity index (χ0) is 21.7. The molecule has 2 aliphatic carbocycles. The van der Waals surface area contributed by atoms with Gasteiger partial charge in [0.15, 0.2) is 11.6 Å². The van der Waals surface area contributed by atoms with Gasteiger partial charge in [-0.25, -0.2) is 0 Å². The second-order valence-electron chi connectivity index (χ2n) is 8.35. The predicted molar refractivity (Wildman–Crippen MR) is 125 cm³/mol. The quantitative estimate of drug-likeness (QED) is 0.360.